The van der Waals surface area contributed by atoms with Gasteiger partial charge in [0.15, 0.2) is 5.58 Å². The van der Waals surface area contributed by atoms with E-state index in [1.807, 2.05) is 0 Å². The maximum Gasteiger partial charge on any atom is 0.417 e. The SMILES string of the molecule is COc1ccc(/C=N/NS(=O)(=O)c2ccc3[nH]c(=O)oc3c2)cc1. The number of sulfonamides is 1. The molecule has 0 saturated heterocycles. The lowest BCUT2D eigenvalue weighted by Gasteiger charge is -2.03. The molecule has 1 aromatic heterocycles. The number of rotatable bonds is 5. The normalized spacial score (nSPS) is 11.9. The highest BCUT2D eigenvalue weighted by molar-refractivity contribution is 7.89. The second-order valence-electron chi connectivity index (χ2n) is 4.80. The predicted molar refractivity (Wildman–Crippen MR) is 87.7 cm³/mol. The number of aromatic nitrogens is 1. The summed E-state index contributed by atoms with van der Waals surface area (Å²) in [6.45, 7) is 0. The van der Waals surface area contributed by atoms with Crippen LogP contribution in [-0.4, -0.2) is 26.7 Å². The van der Waals surface area contributed by atoms with Gasteiger partial charge in [-0.25, -0.2) is 9.63 Å². The molecule has 124 valence electrons. The summed E-state index contributed by atoms with van der Waals surface area (Å²) in [7, 11) is -2.32. The summed E-state index contributed by atoms with van der Waals surface area (Å²) in [6, 6.07) is 11.0. The van der Waals surface area contributed by atoms with E-state index in [0.29, 0.717) is 16.8 Å². The second kappa shape index (κ2) is 6.20. The Morgan fingerprint density at radius 3 is 2.67 bits per heavy atom. The largest absolute Gasteiger partial charge is 0.497 e. The van der Waals surface area contributed by atoms with Gasteiger partial charge in [-0.15, -0.1) is 0 Å². The number of hydrogen-bond acceptors (Lipinski definition) is 6. The summed E-state index contributed by atoms with van der Waals surface area (Å²) in [4.78, 5) is 15.6. The smallest absolute Gasteiger partial charge is 0.417 e. The molecule has 24 heavy (non-hydrogen) atoms. The van der Waals surface area contributed by atoms with E-state index in [2.05, 4.69) is 14.9 Å². The number of oxazole rings is 1. The number of benzene rings is 2. The van der Waals surface area contributed by atoms with Crippen LogP contribution in [0.3, 0.4) is 0 Å². The Balaban J connectivity index is 1.78. The van der Waals surface area contributed by atoms with Crippen LogP contribution in [0.4, 0.5) is 0 Å². The van der Waals surface area contributed by atoms with Crippen molar-refractivity contribution in [2.24, 2.45) is 5.10 Å². The minimum Gasteiger partial charge on any atom is -0.497 e. The van der Waals surface area contributed by atoms with Crippen LogP contribution in [0.25, 0.3) is 11.1 Å². The average Bonchev–Trinajstić information content (AvgIpc) is 2.94. The van der Waals surface area contributed by atoms with Crippen LogP contribution in [0.5, 0.6) is 5.75 Å². The Bertz CT molecular complexity index is 1050. The first-order valence-corrected chi connectivity index (χ1v) is 8.28. The number of methoxy groups -OCH3 is 1. The monoisotopic (exact) mass is 347 g/mol. The number of hydrazone groups is 1. The molecule has 0 unspecified atom stereocenters. The number of fused-ring (bicyclic) bond motifs is 1. The minimum atomic E-state index is -3.87. The molecule has 0 fully saturated rings. The number of hydrogen-bond donors (Lipinski definition) is 2. The molecule has 2 aromatic carbocycles. The Hall–Kier alpha value is -3.07. The van der Waals surface area contributed by atoms with Gasteiger partial charge in [0, 0.05) is 6.07 Å². The van der Waals surface area contributed by atoms with Crippen molar-refractivity contribution in [2.45, 2.75) is 4.90 Å². The maximum atomic E-state index is 12.2. The van der Waals surface area contributed by atoms with Crippen molar-refractivity contribution >= 4 is 27.3 Å². The number of H-pyrrole nitrogens is 1. The molecule has 0 bridgehead atoms. The van der Waals surface area contributed by atoms with Crippen molar-refractivity contribution in [3.8, 4) is 5.75 Å². The van der Waals surface area contributed by atoms with Gasteiger partial charge < -0.3 is 9.15 Å². The molecular formula is C15H13N3O5S. The van der Waals surface area contributed by atoms with E-state index >= 15 is 0 Å². The fraction of sp³-hybridized carbons (Fsp3) is 0.0667. The molecular weight excluding hydrogens is 334 g/mol. The van der Waals surface area contributed by atoms with Crippen molar-refractivity contribution in [1.29, 1.82) is 0 Å². The lowest BCUT2D eigenvalue weighted by atomic mass is 10.2. The lowest BCUT2D eigenvalue weighted by molar-refractivity contribution is 0.415. The molecule has 0 aliphatic carbocycles. The summed E-state index contributed by atoms with van der Waals surface area (Å²) in [5.74, 6) is 0.0408. The fourth-order valence-electron chi connectivity index (χ4n) is 2.01. The predicted octanol–water partition coefficient (Wildman–Crippen LogP) is 1.44. The molecule has 2 N–H and O–H groups in total. The van der Waals surface area contributed by atoms with E-state index in [1.54, 1.807) is 31.4 Å². The van der Waals surface area contributed by atoms with Gasteiger partial charge >= 0.3 is 5.76 Å². The zero-order valence-electron chi connectivity index (χ0n) is 12.5. The van der Waals surface area contributed by atoms with E-state index in [-0.39, 0.29) is 10.5 Å². The molecule has 1 heterocycles. The number of aromatic amines is 1. The Labute approximate surface area is 136 Å². The lowest BCUT2D eigenvalue weighted by Crippen LogP contribution is -2.18. The first kappa shape index (κ1) is 15.8. The third-order valence-corrected chi connectivity index (χ3v) is 4.43. The first-order valence-electron chi connectivity index (χ1n) is 6.80. The van der Waals surface area contributed by atoms with Gasteiger partial charge in [-0.3, -0.25) is 4.98 Å². The van der Waals surface area contributed by atoms with E-state index in [9.17, 15) is 13.2 Å². The Morgan fingerprint density at radius 2 is 1.96 bits per heavy atom. The first-order chi connectivity index (χ1) is 11.5. The van der Waals surface area contributed by atoms with Crippen LogP contribution in [0.15, 0.2) is 61.7 Å². The van der Waals surface area contributed by atoms with Crippen molar-refractivity contribution in [2.75, 3.05) is 7.11 Å². The molecule has 3 aromatic rings. The van der Waals surface area contributed by atoms with Crippen LogP contribution >= 0.6 is 0 Å². The molecule has 0 aliphatic rings. The van der Waals surface area contributed by atoms with Gasteiger partial charge in [-0.05, 0) is 42.0 Å². The van der Waals surface area contributed by atoms with E-state index in [4.69, 9.17) is 9.15 Å². The highest BCUT2D eigenvalue weighted by Crippen LogP contribution is 2.16. The van der Waals surface area contributed by atoms with Crippen LogP contribution in [0.1, 0.15) is 5.56 Å². The second-order valence-corrected chi connectivity index (χ2v) is 6.46. The standard InChI is InChI=1S/C15H13N3O5S/c1-22-11-4-2-10(3-5-11)9-16-18-24(20,21)12-6-7-13-14(8-12)23-15(19)17-13/h2-9,18H,1H3,(H,17,19)/b16-9+. The topological polar surface area (TPSA) is 114 Å². The molecule has 0 amide bonds. The van der Waals surface area contributed by atoms with Gasteiger partial charge in [0.1, 0.15) is 5.75 Å². The van der Waals surface area contributed by atoms with E-state index in [1.165, 1.54) is 24.4 Å². The van der Waals surface area contributed by atoms with Crippen LogP contribution in [0.2, 0.25) is 0 Å². The third-order valence-electron chi connectivity index (χ3n) is 3.21. The summed E-state index contributed by atoms with van der Waals surface area (Å²) < 4.78 is 34.3. The van der Waals surface area contributed by atoms with Gasteiger partial charge in [0.25, 0.3) is 10.0 Å². The molecule has 0 saturated carbocycles. The van der Waals surface area contributed by atoms with Gasteiger partial charge in [0.2, 0.25) is 0 Å². The Kier molecular flexibility index (Phi) is 4.09. The number of nitrogens with zero attached hydrogens (tertiary/aromatic N) is 1. The van der Waals surface area contributed by atoms with Gasteiger partial charge in [-0.2, -0.15) is 13.5 Å². The molecule has 9 heteroatoms. The molecule has 3 rings (SSSR count). The van der Waals surface area contributed by atoms with Crippen LogP contribution in [0, 0.1) is 0 Å². The quantitative estimate of drug-likeness (QED) is 0.535. The third kappa shape index (κ3) is 3.30. The number of nitrogens with one attached hydrogen (secondary N) is 2. The van der Waals surface area contributed by atoms with Crippen molar-refractivity contribution < 1.29 is 17.6 Å². The highest BCUT2D eigenvalue weighted by Gasteiger charge is 2.14. The fourth-order valence-corrected chi connectivity index (χ4v) is 2.81. The molecule has 0 radical (unpaired) electrons. The zero-order chi connectivity index (χ0) is 17.2. The molecule has 8 nitrogen and oxygen atoms in total. The van der Waals surface area contributed by atoms with Gasteiger partial charge in [0.05, 0.1) is 23.7 Å². The summed E-state index contributed by atoms with van der Waals surface area (Å²) in [5, 5.41) is 3.73. The molecule has 0 spiro atoms. The summed E-state index contributed by atoms with van der Waals surface area (Å²) >= 11 is 0. The zero-order valence-corrected chi connectivity index (χ0v) is 13.3. The van der Waals surface area contributed by atoms with Crippen LogP contribution in [-0.2, 0) is 10.0 Å². The molecule has 0 aliphatic heterocycles. The van der Waals surface area contributed by atoms with Crippen molar-refractivity contribution in [1.82, 2.24) is 9.82 Å². The van der Waals surface area contributed by atoms with Crippen LogP contribution < -0.4 is 15.3 Å². The minimum absolute atomic E-state index is 0.0652. The van der Waals surface area contributed by atoms with Gasteiger partial charge in [-0.1, -0.05) is 0 Å². The van der Waals surface area contributed by atoms with E-state index in [0.717, 1.165) is 0 Å². The molecule has 0 atom stereocenters. The highest BCUT2D eigenvalue weighted by atomic mass is 32.2. The summed E-state index contributed by atoms with van der Waals surface area (Å²) in [6.07, 6.45) is 1.37. The average molecular weight is 347 g/mol. The Morgan fingerprint density at radius 1 is 1.21 bits per heavy atom. The van der Waals surface area contributed by atoms with Crippen molar-refractivity contribution in [3.05, 3.63) is 58.6 Å². The van der Waals surface area contributed by atoms with E-state index < -0.39 is 15.8 Å². The summed E-state index contributed by atoms with van der Waals surface area (Å²) in [5.41, 5.74) is 1.27. The number of ether oxygens (including phenoxy) is 1. The maximum absolute atomic E-state index is 12.2. The van der Waals surface area contributed by atoms with Crippen molar-refractivity contribution in [3.63, 3.8) is 0 Å².